The number of hydrogen-bond donors (Lipinski definition) is 3. The number of rotatable bonds is 4. The van der Waals surface area contributed by atoms with Crippen LogP contribution in [0, 0.1) is 0 Å². The van der Waals surface area contributed by atoms with Gasteiger partial charge in [0.2, 0.25) is 5.95 Å². The fourth-order valence-corrected chi connectivity index (χ4v) is 1.07. The number of aromatic nitrogens is 2. The molecule has 0 radical (unpaired) electrons. The van der Waals surface area contributed by atoms with Crippen LogP contribution in [0.15, 0.2) is 6.20 Å². The first-order valence-electron chi connectivity index (χ1n) is 4.65. The highest BCUT2D eigenvalue weighted by Gasteiger charge is 2.11. The van der Waals surface area contributed by atoms with Gasteiger partial charge in [-0.05, 0) is 13.8 Å². The Kier molecular flexibility index (Phi) is 3.43. The molecule has 0 saturated heterocycles. The Morgan fingerprint density at radius 1 is 1.53 bits per heavy atom. The van der Waals surface area contributed by atoms with Gasteiger partial charge in [0.05, 0.1) is 5.56 Å². The molecule has 4 N–H and O–H groups in total. The van der Waals surface area contributed by atoms with Crippen LogP contribution in [0.5, 0.6) is 0 Å². The Morgan fingerprint density at radius 2 is 2.20 bits per heavy atom. The van der Waals surface area contributed by atoms with Crippen LogP contribution in [-0.2, 0) is 0 Å². The smallest absolute Gasteiger partial charge is 0.254 e. The topological polar surface area (TPSA) is 92.9 Å². The number of nitrogens with two attached hydrogens (primary N) is 1. The van der Waals surface area contributed by atoms with Crippen molar-refractivity contribution in [2.75, 3.05) is 17.7 Å². The van der Waals surface area contributed by atoms with E-state index >= 15 is 0 Å². The third-order valence-corrected chi connectivity index (χ3v) is 1.70. The predicted molar refractivity (Wildman–Crippen MR) is 58.9 cm³/mol. The molecule has 0 fully saturated rings. The number of anilines is 2. The Labute approximate surface area is 88.3 Å². The van der Waals surface area contributed by atoms with Crippen molar-refractivity contribution in [3.8, 4) is 0 Å². The van der Waals surface area contributed by atoms with E-state index in [0.717, 1.165) is 0 Å². The van der Waals surface area contributed by atoms with E-state index in [1.807, 2.05) is 13.8 Å². The highest BCUT2D eigenvalue weighted by atomic mass is 16.1. The van der Waals surface area contributed by atoms with Crippen molar-refractivity contribution in [3.63, 3.8) is 0 Å². The third kappa shape index (κ3) is 2.80. The van der Waals surface area contributed by atoms with Gasteiger partial charge in [-0.1, -0.05) is 0 Å². The minimum Gasteiger partial charge on any atom is -0.367 e. The van der Waals surface area contributed by atoms with Crippen LogP contribution in [-0.4, -0.2) is 29.0 Å². The number of carbonyl (C=O) groups is 1. The molecule has 1 rings (SSSR count). The zero-order valence-corrected chi connectivity index (χ0v) is 9.03. The van der Waals surface area contributed by atoms with Crippen LogP contribution >= 0.6 is 0 Å². The maximum absolute atomic E-state index is 11.1. The Bertz CT molecular complexity index is 364. The molecule has 0 aromatic carbocycles. The highest BCUT2D eigenvalue weighted by Crippen LogP contribution is 2.13. The SMILES string of the molecule is CNc1ncc(C(N)=O)c(NC(C)C)n1. The van der Waals surface area contributed by atoms with Gasteiger partial charge in [0.15, 0.2) is 0 Å². The molecule has 0 unspecified atom stereocenters. The van der Waals surface area contributed by atoms with Crippen LogP contribution < -0.4 is 16.4 Å². The van der Waals surface area contributed by atoms with Crippen LogP contribution in [0.4, 0.5) is 11.8 Å². The molecule has 0 aliphatic rings. The van der Waals surface area contributed by atoms with Gasteiger partial charge in [-0.3, -0.25) is 4.79 Å². The molecule has 1 heterocycles. The molecular formula is C9H15N5O. The fourth-order valence-electron chi connectivity index (χ4n) is 1.07. The van der Waals surface area contributed by atoms with Crippen LogP contribution in [0.1, 0.15) is 24.2 Å². The highest BCUT2D eigenvalue weighted by molar-refractivity contribution is 5.97. The summed E-state index contributed by atoms with van der Waals surface area (Å²) < 4.78 is 0. The zero-order chi connectivity index (χ0) is 11.4. The van der Waals surface area contributed by atoms with E-state index in [1.165, 1.54) is 6.20 Å². The number of amides is 1. The molecule has 0 atom stereocenters. The summed E-state index contributed by atoms with van der Waals surface area (Å²) in [6.45, 7) is 3.90. The number of nitrogens with zero attached hydrogens (tertiary/aromatic N) is 2. The van der Waals surface area contributed by atoms with Gasteiger partial charge in [0.1, 0.15) is 5.82 Å². The summed E-state index contributed by atoms with van der Waals surface area (Å²) in [6.07, 6.45) is 1.41. The first-order chi connectivity index (χ1) is 7.04. The van der Waals surface area contributed by atoms with Gasteiger partial charge in [-0.25, -0.2) is 4.98 Å². The predicted octanol–water partition coefficient (Wildman–Crippen LogP) is 0.437. The number of primary amides is 1. The monoisotopic (exact) mass is 209 g/mol. The van der Waals surface area contributed by atoms with Crippen molar-refractivity contribution < 1.29 is 4.79 Å². The minimum absolute atomic E-state index is 0.169. The molecule has 1 aromatic rings. The summed E-state index contributed by atoms with van der Waals surface area (Å²) in [5.41, 5.74) is 5.50. The zero-order valence-electron chi connectivity index (χ0n) is 9.03. The molecule has 15 heavy (non-hydrogen) atoms. The number of nitrogens with one attached hydrogen (secondary N) is 2. The summed E-state index contributed by atoms with van der Waals surface area (Å²) in [5, 5.41) is 5.83. The van der Waals surface area contributed by atoms with Gasteiger partial charge in [0, 0.05) is 19.3 Å². The molecule has 1 amide bonds. The van der Waals surface area contributed by atoms with Gasteiger partial charge in [0.25, 0.3) is 5.91 Å². The van der Waals surface area contributed by atoms with Gasteiger partial charge in [-0.15, -0.1) is 0 Å². The molecule has 0 aliphatic heterocycles. The summed E-state index contributed by atoms with van der Waals surface area (Å²) in [7, 11) is 1.71. The average molecular weight is 209 g/mol. The number of hydrogen-bond acceptors (Lipinski definition) is 5. The normalized spacial score (nSPS) is 10.1. The van der Waals surface area contributed by atoms with Crippen molar-refractivity contribution in [2.45, 2.75) is 19.9 Å². The first kappa shape index (κ1) is 11.2. The summed E-state index contributed by atoms with van der Waals surface area (Å²) in [5.74, 6) is 0.362. The van der Waals surface area contributed by atoms with E-state index < -0.39 is 5.91 Å². The van der Waals surface area contributed by atoms with Crippen molar-refractivity contribution in [3.05, 3.63) is 11.8 Å². The van der Waals surface area contributed by atoms with Crippen molar-refractivity contribution in [1.29, 1.82) is 0 Å². The van der Waals surface area contributed by atoms with Crippen LogP contribution in [0.25, 0.3) is 0 Å². The second-order valence-electron chi connectivity index (χ2n) is 3.37. The van der Waals surface area contributed by atoms with E-state index in [0.29, 0.717) is 17.3 Å². The number of carbonyl (C=O) groups excluding carboxylic acids is 1. The Hall–Kier alpha value is -1.85. The summed E-state index contributed by atoms with van der Waals surface area (Å²) >= 11 is 0. The van der Waals surface area contributed by atoms with Gasteiger partial charge in [-0.2, -0.15) is 4.98 Å². The lowest BCUT2D eigenvalue weighted by molar-refractivity contribution is 0.100. The van der Waals surface area contributed by atoms with E-state index in [4.69, 9.17) is 5.73 Å². The second kappa shape index (κ2) is 4.59. The summed E-state index contributed by atoms with van der Waals surface area (Å²) in [6, 6.07) is 0.169. The molecule has 6 heteroatoms. The molecule has 1 aromatic heterocycles. The van der Waals surface area contributed by atoms with Crippen LogP contribution in [0.3, 0.4) is 0 Å². The van der Waals surface area contributed by atoms with Crippen molar-refractivity contribution in [2.24, 2.45) is 5.73 Å². The van der Waals surface area contributed by atoms with E-state index in [2.05, 4.69) is 20.6 Å². The summed E-state index contributed by atoms with van der Waals surface area (Å²) in [4.78, 5) is 19.1. The van der Waals surface area contributed by atoms with Crippen molar-refractivity contribution >= 4 is 17.7 Å². The molecule has 6 nitrogen and oxygen atoms in total. The molecular weight excluding hydrogens is 194 g/mol. The quantitative estimate of drug-likeness (QED) is 0.669. The molecule has 0 bridgehead atoms. The standard InChI is InChI=1S/C9H15N5O/c1-5(2)13-8-6(7(10)15)4-12-9(11-3)14-8/h4-5H,1-3H3,(H2,10,15)(H2,11,12,13,14). The fraction of sp³-hybridized carbons (Fsp3) is 0.444. The van der Waals surface area contributed by atoms with Crippen molar-refractivity contribution in [1.82, 2.24) is 9.97 Å². The van der Waals surface area contributed by atoms with E-state index in [1.54, 1.807) is 7.05 Å². The average Bonchev–Trinajstić information content (AvgIpc) is 2.16. The first-order valence-corrected chi connectivity index (χ1v) is 4.65. The minimum atomic E-state index is -0.541. The van der Waals surface area contributed by atoms with Gasteiger partial charge >= 0.3 is 0 Å². The van der Waals surface area contributed by atoms with E-state index in [-0.39, 0.29) is 6.04 Å². The molecule has 0 saturated carbocycles. The van der Waals surface area contributed by atoms with Crippen LogP contribution in [0.2, 0.25) is 0 Å². The maximum atomic E-state index is 11.1. The largest absolute Gasteiger partial charge is 0.367 e. The Balaban J connectivity index is 3.10. The molecule has 0 aliphatic carbocycles. The van der Waals surface area contributed by atoms with E-state index in [9.17, 15) is 4.79 Å². The molecule has 82 valence electrons. The lowest BCUT2D eigenvalue weighted by Gasteiger charge is -2.12. The Morgan fingerprint density at radius 3 is 2.67 bits per heavy atom. The second-order valence-corrected chi connectivity index (χ2v) is 3.37. The maximum Gasteiger partial charge on any atom is 0.254 e. The van der Waals surface area contributed by atoms with Gasteiger partial charge < -0.3 is 16.4 Å². The third-order valence-electron chi connectivity index (χ3n) is 1.70. The lowest BCUT2D eigenvalue weighted by atomic mass is 10.2. The lowest BCUT2D eigenvalue weighted by Crippen LogP contribution is -2.20. The molecule has 0 spiro atoms.